The number of hydrogen-bond donors (Lipinski definition) is 1. The highest BCUT2D eigenvalue weighted by atomic mass is 79.9. The van der Waals surface area contributed by atoms with Crippen molar-refractivity contribution in [2.75, 3.05) is 6.54 Å². The van der Waals surface area contributed by atoms with Crippen molar-refractivity contribution in [1.82, 2.24) is 5.32 Å². The van der Waals surface area contributed by atoms with Crippen LogP contribution in [0, 0.1) is 5.82 Å². The van der Waals surface area contributed by atoms with Crippen molar-refractivity contribution < 1.29 is 8.81 Å². The molecule has 0 aliphatic carbocycles. The van der Waals surface area contributed by atoms with Crippen LogP contribution in [0.2, 0.25) is 5.02 Å². The summed E-state index contributed by atoms with van der Waals surface area (Å²) in [6.45, 7) is 1.43. The van der Waals surface area contributed by atoms with Crippen LogP contribution < -0.4 is 5.32 Å². The molecule has 0 aliphatic heterocycles. The van der Waals surface area contributed by atoms with E-state index < -0.39 is 0 Å². The second-order valence-electron chi connectivity index (χ2n) is 5.44. The van der Waals surface area contributed by atoms with Crippen molar-refractivity contribution >= 4 is 27.5 Å². The van der Waals surface area contributed by atoms with Crippen LogP contribution in [0.15, 0.2) is 63.5 Å². The van der Waals surface area contributed by atoms with Crippen molar-refractivity contribution in [1.29, 1.82) is 0 Å². The topological polar surface area (TPSA) is 25.2 Å². The van der Waals surface area contributed by atoms with Gasteiger partial charge in [0.25, 0.3) is 0 Å². The molecule has 0 saturated carbocycles. The lowest BCUT2D eigenvalue weighted by Crippen LogP contribution is -2.16. The minimum atomic E-state index is -0.207. The maximum absolute atomic E-state index is 12.8. The molecule has 1 heterocycles. The minimum Gasteiger partial charge on any atom is -0.460 e. The third-order valence-corrected chi connectivity index (χ3v) is 4.47. The Bertz CT molecular complexity index is 816. The van der Waals surface area contributed by atoms with E-state index in [-0.39, 0.29) is 5.82 Å². The third-order valence-electron chi connectivity index (χ3n) is 3.66. The van der Waals surface area contributed by atoms with E-state index in [1.165, 1.54) is 12.1 Å². The summed E-state index contributed by atoms with van der Waals surface area (Å²) in [6, 6.07) is 16.1. The van der Waals surface area contributed by atoms with Crippen molar-refractivity contribution in [3.63, 3.8) is 0 Å². The molecular formula is C19H16BrClFNO. The van der Waals surface area contributed by atoms with Crippen LogP contribution in [-0.2, 0) is 13.0 Å². The van der Waals surface area contributed by atoms with Crippen molar-refractivity contribution in [3.05, 3.63) is 81.2 Å². The highest BCUT2D eigenvalue weighted by molar-refractivity contribution is 9.10. The molecule has 0 atom stereocenters. The monoisotopic (exact) mass is 407 g/mol. The molecule has 0 bridgehead atoms. The SMILES string of the molecule is Fc1ccc(CCNCc2ccc(-c3ccc(Br)cc3Cl)o2)cc1. The Morgan fingerprint density at radius 3 is 2.58 bits per heavy atom. The zero-order chi connectivity index (χ0) is 16.9. The Hall–Kier alpha value is -1.62. The summed E-state index contributed by atoms with van der Waals surface area (Å²) >= 11 is 9.64. The smallest absolute Gasteiger partial charge is 0.135 e. The number of hydrogen-bond acceptors (Lipinski definition) is 2. The summed E-state index contributed by atoms with van der Waals surface area (Å²) in [5.74, 6) is 1.40. The molecule has 124 valence electrons. The molecule has 0 amide bonds. The molecule has 3 rings (SSSR count). The zero-order valence-electron chi connectivity index (χ0n) is 12.9. The van der Waals surface area contributed by atoms with E-state index in [4.69, 9.17) is 16.0 Å². The molecule has 24 heavy (non-hydrogen) atoms. The second kappa shape index (κ2) is 7.97. The summed E-state index contributed by atoms with van der Waals surface area (Å²) < 4.78 is 19.6. The van der Waals surface area contributed by atoms with Gasteiger partial charge in [0, 0.05) is 10.0 Å². The van der Waals surface area contributed by atoms with Crippen molar-refractivity contribution in [2.45, 2.75) is 13.0 Å². The highest BCUT2D eigenvalue weighted by Gasteiger charge is 2.09. The van der Waals surface area contributed by atoms with Crippen LogP contribution >= 0.6 is 27.5 Å². The molecule has 3 aromatic rings. The van der Waals surface area contributed by atoms with E-state index in [0.29, 0.717) is 11.6 Å². The van der Waals surface area contributed by atoms with Gasteiger partial charge < -0.3 is 9.73 Å². The fourth-order valence-electron chi connectivity index (χ4n) is 2.40. The van der Waals surface area contributed by atoms with Gasteiger partial charge >= 0.3 is 0 Å². The lowest BCUT2D eigenvalue weighted by Gasteiger charge is -2.04. The third kappa shape index (κ3) is 4.47. The summed E-state index contributed by atoms with van der Waals surface area (Å²) in [4.78, 5) is 0. The van der Waals surface area contributed by atoms with Gasteiger partial charge in [-0.15, -0.1) is 0 Å². The lowest BCUT2D eigenvalue weighted by atomic mass is 10.1. The van der Waals surface area contributed by atoms with E-state index in [2.05, 4.69) is 21.2 Å². The first kappa shape index (κ1) is 17.2. The predicted octanol–water partition coefficient (Wildman–Crippen LogP) is 5.83. The minimum absolute atomic E-state index is 0.207. The standard InChI is InChI=1S/C19H16BrClFNO/c20-14-3-7-17(18(21)11-14)19-8-6-16(24-19)12-23-10-9-13-1-4-15(22)5-2-13/h1-8,11,23H,9-10,12H2. The molecule has 0 unspecified atom stereocenters. The van der Waals surface area contributed by atoms with E-state index in [1.54, 1.807) is 12.1 Å². The summed E-state index contributed by atoms with van der Waals surface area (Å²) in [7, 11) is 0. The fourth-order valence-corrected chi connectivity index (χ4v) is 3.17. The average molecular weight is 409 g/mol. The molecule has 0 radical (unpaired) electrons. The van der Waals surface area contributed by atoms with Gasteiger partial charge in [-0.1, -0.05) is 39.7 Å². The first-order chi connectivity index (χ1) is 11.6. The second-order valence-corrected chi connectivity index (χ2v) is 6.77. The summed E-state index contributed by atoms with van der Waals surface area (Å²) in [6.07, 6.45) is 0.840. The zero-order valence-corrected chi connectivity index (χ0v) is 15.2. The van der Waals surface area contributed by atoms with Crippen LogP contribution in [0.4, 0.5) is 4.39 Å². The maximum atomic E-state index is 12.8. The van der Waals surface area contributed by atoms with Gasteiger partial charge in [-0.3, -0.25) is 0 Å². The van der Waals surface area contributed by atoms with Crippen LogP contribution in [-0.4, -0.2) is 6.54 Å². The average Bonchev–Trinajstić information content (AvgIpc) is 3.02. The number of halogens is 3. The molecular weight excluding hydrogens is 393 g/mol. The fraction of sp³-hybridized carbons (Fsp3) is 0.158. The van der Waals surface area contributed by atoms with Crippen LogP contribution in [0.3, 0.4) is 0 Å². The Balaban J connectivity index is 1.53. The molecule has 2 aromatic carbocycles. The largest absolute Gasteiger partial charge is 0.460 e. The lowest BCUT2D eigenvalue weighted by molar-refractivity contribution is 0.494. The molecule has 5 heteroatoms. The van der Waals surface area contributed by atoms with Crippen molar-refractivity contribution in [3.8, 4) is 11.3 Å². The van der Waals surface area contributed by atoms with Crippen molar-refractivity contribution in [2.24, 2.45) is 0 Å². The predicted molar refractivity (Wildman–Crippen MR) is 98.7 cm³/mol. The number of nitrogens with one attached hydrogen (secondary N) is 1. The normalized spacial score (nSPS) is 11.0. The molecule has 0 fully saturated rings. The number of benzene rings is 2. The Morgan fingerprint density at radius 1 is 1.04 bits per heavy atom. The molecule has 2 nitrogen and oxygen atoms in total. The van der Waals surface area contributed by atoms with Gasteiger partial charge in [-0.05, 0) is 61.0 Å². The Labute approximate surface area is 153 Å². The van der Waals surface area contributed by atoms with Crippen LogP contribution in [0.25, 0.3) is 11.3 Å². The first-order valence-electron chi connectivity index (χ1n) is 7.61. The molecule has 1 N–H and O–H groups in total. The Kier molecular flexibility index (Phi) is 5.72. The van der Waals surface area contributed by atoms with E-state index >= 15 is 0 Å². The van der Waals surface area contributed by atoms with Crippen LogP contribution in [0.5, 0.6) is 0 Å². The Morgan fingerprint density at radius 2 is 1.83 bits per heavy atom. The molecule has 1 aromatic heterocycles. The van der Waals surface area contributed by atoms with E-state index in [9.17, 15) is 4.39 Å². The van der Waals surface area contributed by atoms with Gasteiger partial charge in [-0.25, -0.2) is 4.39 Å². The maximum Gasteiger partial charge on any atom is 0.135 e. The van der Waals surface area contributed by atoms with Gasteiger partial charge in [-0.2, -0.15) is 0 Å². The summed E-state index contributed by atoms with van der Waals surface area (Å²) in [5, 5.41) is 3.97. The van der Waals surface area contributed by atoms with Gasteiger partial charge in [0.2, 0.25) is 0 Å². The summed E-state index contributed by atoms with van der Waals surface area (Å²) in [5.41, 5.74) is 1.98. The van der Waals surface area contributed by atoms with Crippen LogP contribution in [0.1, 0.15) is 11.3 Å². The molecule has 0 spiro atoms. The quantitative estimate of drug-likeness (QED) is 0.519. The van der Waals surface area contributed by atoms with E-state index in [1.807, 2.05) is 30.3 Å². The number of rotatable bonds is 6. The van der Waals surface area contributed by atoms with Gasteiger partial charge in [0.05, 0.1) is 11.6 Å². The first-order valence-corrected chi connectivity index (χ1v) is 8.78. The molecule has 0 saturated heterocycles. The van der Waals surface area contributed by atoms with E-state index in [0.717, 1.165) is 40.1 Å². The van der Waals surface area contributed by atoms with Gasteiger partial charge in [0.15, 0.2) is 0 Å². The molecule has 0 aliphatic rings. The van der Waals surface area contributed by atoms with Gasteiger partial charge in [0.1, 0.15) is 17.3 Å². The highest BCUT2D eigenvalue weighted by Crippen LogP contribution is 2.31. The number of furan rings is 1.